The number of nitrogens with zero attached hydrogens (tertiary/aromatic N) is 1. The Morgan fingerprint density at radius 3 is 2.76 bits per heavy atom. The summed E-state index contributed by atoms with van der Waals surface area (Å²) in [5.41, 5.74) is 1.35. The molecule has 2 rings (SSSR count). The average Bonchev–Trinajstić information content (AvgIpc) is 2.32. The minimum atomic E-state index is -1.09. The molecule has 0 unspecified atom stereocenters. The average molecular weight is 252 g/mol. The molecule has 2 aromatic rings. The van der Waals surface area contributed by atoms with Crippen molar-refractivity contribution in [2.24, 2.45) is 0 Å². The highest BCUT2D eigenvalue weighted by Crippen LogP contribution is 2.33. The van der Waals surface area contributed by atoms with Gasteiger partial charge in [-0.2, -0.15) is 0 Å². The Hall–Kier alpha value is -1.81. The van der Waals surface area contributed by atoms with Gasteiger partial charge in [0, 0.05) is 6.07 Å². The summed E-state index contributed by atoms with van der Waals surface area (Å²) in [6.45, 7) is 1.84. The van der Waals surface area contributed by atoms with Crippen molar-refractivity contribution in [1.82, 2.24) is 4.98 Å². The largest absolute Gasteiger partial charge is 0.496 e. The maximum absolute atomic E-state index is 11.0. The van der Waals surface area contributed by atoms with Crippen molar-refractivity contribution in [1.29, 1.82) is 0 Å². The second-order valence-electron chi connectivity index (χ2n) is 3.60. The highest BCUT2D eigenvalue weighted by molar-refractivity contribution is 6.36. The summed E-state index contributed by atoms with van der Waals surface area (Å²) < 4.78 is 5.17. The summed E-state index contributed by atoms with van der Waals surface area (Å²) in [7, 11) is 1.47. The minimum absolute atomic E-state index is 0.0558. The Morgan fingerprint density at radius 1 is 1.47 bits per heavy atom. The summed E-state index contributed by atoms with van der Waals surface area (Å²) in [5.74, 6) is -0.675. The first-order valence-electron chi connectivity index (χ1n) is 4.91. The molecule has 0 spiro atoms. The number of methoxy groups -OCH3 is 1. The van der Waals surface area contributed by atoms with Crippen LogP contribution in [0.5, 0.6) is 5.75 Å². The number of hydrogen-bond donors (Lipinski definition) is 1. The van der Waals surface area contributed by atoms with E-state index in [9.17, 15) is 4.79 Å². The lowest BCUT2D eigenvalue weighted by molar-refractivity contribution is 0.0690. The summed E-state index contributed by atoms with van der Waals surface area (Å²) in [4.78, 5) is 15.0. The number of aromatic carboxylic acids is 1. The van der Waals surface area contributed by atoms with E-state index in [1.165, 1.54) is 13.2 Å². The number of benzene rings is 1. The van der Waals surface area contributed by atoms with Crippen LogP contribution in [0.2, 0.25) is 5.02 Å². The van der Waals surface area contributed by atoms with Crippen molar-refractivity contribution in [3.05, 3.63) is 34.5 Å². The van der Waals surface area contributed by atoms with Crippen LogP contribution in [-0.4, -0.2) is 23.2 Å². The smallest absolute Gasteiger partial charge is 0.354 e. The van der Waals surface area contributed by atoms with Crippen LogP contribution in [0.1, 0.15) is 16.1 Å². The molecule has 0 amide bonds. The fourth-order valence-corrected chi connectivity index (χ4v) is 1.91. The maximum atomic E-state index is 11.0. The molecule has 4 nitrogen and oxygen atoms in total. The standard InChI is InChI=1S/C12H10ClNO3/c1-6-3-4-7(13)10-9(17-2)5-8(12(15)16)14-11(6)10/h3-5H,1-2H3,(H,15,16). The van der Waals surface area contributed by atoms with Crippen molar-refractivity contribution < 1.29 is 14.6 Å². The van der Waals surface area contributed by atoms with Crippen molar-refractivity contribution >= 4 is 28.5 Å². The number of hydrogen-bond acceptors (Lipinski definition) is 3. The Labute approximate surface area is 103 Å². The number of halogens is 1. The van der Waals surface area contributed by atoms with Crippen molar-refractivity contribution in [2.75, 3.05) is 7.11 Å². The van der Waals surface area contributed by atoms with Crippen LogP contribution < -0.4 is 4.74 Å². The highest BCUT2D eigenvalue weighted by Gasteiger charge is 2.14. The van der Waals surface area contributed by atoms with Crippen LogP contribution in [0, 0.1) is 6.92 Å². The van der Waals surface area contributed by atoms with Gasteiger partial charge >= 0.3 is 5.97 Å². The summed E-state index contributed by atoms with van der Waals surface area (Å²) in [6.07, 6.45) is 0. The second kappa shape index (κ2) is 4.22. The van der Waals surface area contributed by atoms with E-state index in [0.29, 0.717) is 21.7 Å². The van der Waals surface area contributed by atoms with Crippen molar-refractivity contribution in [3.63, 3.8) is 0 Å². The van der Waals surface area contributed by atoms with Gasteiger partial charge in [-0.05, 0) is 18.6 Å². The third-order valence-corrected chi connectivity index (χ3v) is 2.83. The van der Waals surface area contributed by atoms with Crippen LogP contribution in [0.3, 0.4) is 0 Å². The molecule has 1 aromatic carbocycles. The van der Waals surface area contributed by atoms with Gasteiger partial charge in [-0.3, -0.25) is 0 Å². The molecular weight excluding hydrogens is 242 g/mol. The van der Waals surface area contributed by atoms with Crippen LogP contribution in [0.15, 0.2) is 18.2 Å². The van der Waals surface area contributed by atoms with Crippen LogP contribution >= 0.6 is 11.6 Å². The van der Waals surface area contributed by atoms with E-state index in [0.717, 1.165) is 5.56 Å². The molecule has 0 aliphatic heterocycles. The van der Waals surface area contributed by atoms with Gasteiger partial charge in [0.1, 0.15) is 5.75 Å². The summed E-state index contributed by atoms with van der Waals surface area (Å²) in [5, 5.41) is 10.1. The Balaban J connectivity index is 2.91. The number of carbonyl (C=O) groups is 1. The Kier molecular flexibility index (Phi) is 2.90. The zero-order chi connectivity index (χ0) is 12.6. The lowest BCUT2D eigenvalue weighted by Gasteiger charge is -2.09. The molecule has 17 heavy (non-hydrogen) atoms. The predicted octanol–water partition coefficient (Wildman–Crippen LogP) is 2.90. The molecule has 0 radical (unpaired) electrons. The number of aromatic nitrogens is 1. The fourth-order valence-electron chi connectivity index (χ4n) is 1.67. The summed E-state index contributed by atoms with van der Waals surface area (Å²) in [6, 6.07) is 4.91. The van der Waals surface area contributed by atoms with Crippen LogP contribution in [-0.2, 0) is 0 Å². The van der Waals surface area contributed by atoms with Gasteiger partial charge in [-0.1, -0.05) is 17.7 Å². The fraction of sp³-hybridized carbons (Fsp3) is 0.167. The Bertz CT molecular complexity index is 610. The molecule has 1 aromatic heterocycles. The number of aryl methyl sites for hydroxylation is 1. The van der Waals surface area contributed by atoms with Gasteiger partial charge in [-0.15, -0.1) is 0 Å². The van der Waals surface area contributed by atoms with Gasteiger partial charge in [0.15, 0.2) is 5.69 Å². The summed E-state index contributed by atoms with van der Waals surface area (Å²) >= 11 is 6.08. The second-order valence-corrected chi connectivity index (χ2v) is 4.01. The first kappa shape index (κ1) is 11.7. The van der Waals surface area contributed by atoms with E-state index in [1.807, 2.05) is 6.92 Å². The highest BCUT2D eigenvalue weighted by atomic mass is 35.5. The third-order valence-electron chi connectivity index (χ3n) is 2.51. The zero-order valence-corrected chi connectivity index (χ0v) is 10.1. The normalized spacial score (nSPS) is 10.5. The van der Waals surface area contributed by atoms with Gasteiger partial charge < -0.3 is 9.84 Å². The van der Waals surface area contributed by atoms with E-state index < -0.39 is 5.97 Å². The topological polar surface area (TPSA) is 59.4 Å². The zero-order valence-electron chi connectivity index (χ0n) is 9.32. The van der Waals surface area contributed by atoms with Gasteiger partial charge in [0.2, 0.25) is 0 Å². The first-order chi connectivity index (χ1) is 8.04. The molecule has 0 bridgehead atoms. The molecule has 5 heteroatoms. The molecule has 0 fully saturated rings. The predicted molar refractivity (Wildman–Crippen MR) is 65.0 cm³/mol. The molecule has 0 atom stereocenters. The van der Waals surface area contributed by atoms with E-state index in [1.54, 1.807) is 12.1 Å². The van der Waals surface area contributed by atoms with Gasteiger partial charge in [0.05, 0.1) is 23.0 Å². The number of pyridine rings is 1. The van der Waals surface area contributed by atoms with Crippen LogP contribution in [0.25, 0.3) is 10.9 Å². The number of carboxylic acid groups (broad SMARTS) is 1. The number of carboxylic acids is 1. The molecule has 88 valence electrons. The number of ether oxygens (including phenoxy) is 1. The van der Waals surface area contributed by atoms with E-state index >= 15 is 0 Å². The SMILES string of the molecule is COc1cc(C(=O)O)nc2c(C)ccc(Cl)c12. The lowest BCUT2D eigenvalue weighted by atomic mass is 10.1. The number of fused-ring (bicyclic) bond motifs is 1. The Morgan fingerprint density at radius 2 is 2.18 bits per heavy atom. The molecule has 1 heterocycles. The quantitative estimate of drug-likeness (QED) is 0.892. The van der Waals surface area contributed by atoms with E-state index in [-0.39, 0.29) is 5.69 Å². The lowest BCUT2D eigenvalue weighted by Crippen LogP contribution is -2.02. The molecule has 0 saturated carbocycles. The third kappa shape index (κ3) is 1.91. The van der Waals surface area contributed by atoms with Gasteiger partial charge in [-0.25, -0.2) is 9.78 Å². The van der Waals surface area contributed by atoms with Crippen molar-refractivity contribution in [3.8, 4) is 5.75 Å². The van der Waals surface area contributed by atoms with Crippen molar-refractivity contribution in [2.45, 2.75) is 6.92 Å². The molecular formula is C12H10ClNO3. The van der Waals surface area contributed by atoms with Crippen LogP contribution in [0.4, 0.5) is 0 Å². The minimum Gasteiger partial charge on any atom is -0.496 e. The monoisotopic (exact) mass is 251 g/mol. The first-order valence-corrected chi connectivity index (χ1v) is 5.29. The van der Waals surface area contributed by atoms with E-state index in [2.05, 4.69) is 4.98 Å². The molecule has 0 aliphatic carbocycles. The van der Waals surface area contributed by atoms with Gasteiger partial charge in [0.25, 0.3) is 0 Å². The molecule has 1 N–H and O–H groups in total. The molecule has 0 aliphatic rings. The van der Waals surface area contributed by atoms with E-state index in [4.69, 9.17) is 21.4 Å². The molecule has 0 saturated heterocycles. The maximum Gasteiger partial charge on any atom is 0.354 e. The number of rotatable bonds is 2.